The molecule has 7 heterocycles. The van der Waals surface area contributed by atoms with Crippen molar-refractivity contribution in [3.8, 4) is 0 Å². The largest absolute Gasteiger partial charge is 0.386 e. The summed E-state index contributed by atoms with van der Waals surface area (Å²) in [6, 6.07) is -0.783. The minimum atomic E-state index is -4.27. The van der Waals surface area contributed by atoms with Gasteiger partial charge in [-0.25, -0.2) is 34.5 Å². The van der Waals surface area contributed by atoms with E-state index in [0.717, 1.165) is 0 Å². The number of thiol groups is 1. The number of aliphatic hydroxyl groups excluding tert-OH is 1. The highest BCUT2D eigenvalue weighted by Gasteiger charge is 2.79. The van der Waals surface area contributed by atoms with Crippen LogP contribution < -0.4 is 11.5 Å². The van der Waals surface area contributed by atoms with Gasteiger partial charge in [0.2, 0.25) is 0 Å². The molecule has 0 aromatic carbocycles. The molecular weight excluding hydrogens is 678 g/mol. The molecule has 240 valence electrons. The van der Waals surface area contributed by atoms with Gasteiger partial charge >= 0.3 is 13.5 Å². The highest BCUT2D eigenvalue weighted by atomic mass is 32.7. The Kier molecular flexibility index (Phi) is 6.84. The van der Waals surface area contributed by atoms with Gasteiger partial charge in [0.15, 0.2) is 29.2 Å². The van der Waals surface area contributed by atoms with Gasteiger partial charge in [0.05, 0.1) is 31.9 Å². The average molecular weight is 703 g/mol. The smallest absolute Gasteiger partial charge is 0.386 e. The number of hydrogen-bond donors (Lipinski definition) is 6. The summed E-state index contributed by atoms with van der Waals surface area (Å²) < 4.78 is 51.3. The quantitative estimate of drug-likeness (QED) is 0.110. The number of ether oxygens (including phenoxy) is 2. The third kappa shape index (κ3) is 4.71. The Morgan fingerprint density at radius 1 is 0.911 bits per heavy atom. The first-order valence-electron chi connectivity index (χ1n) is 13.3. The number of aliphatic hydroxyl groups is 2. The van der Waals surface area contributed by atoms with E-state index in [1.807, 2.05) is 0 Å². The Morgan fingerprint density at radius 2 is 1.53 bits per heavy atom. The minimum absolute atomic E-state index is 0.109. The van der Waals surface area contributed by atoms with Gasteiger partial charge in [-0.1, -0.05) is 12.2 Å². The first-order chi connectivity index (χ1) is 21.4. The van der Waals surface area contributed by atoms with E-state index in [-0.39, 0.29) is 22.8 Å². The van der Waals surface area contributed by atoms with Crippen molar-refractivity contribution in [1.82, 2.24) is 39.0 Å². The summed E-state index contributed by atoms with van der Waals surface area (Å²) in [7, 11) is 0. The summed E-state index contributed by atoms with van der Waals surface area (Å²) in [6.07, 6.45) is -3.26. The molecule has 1 aliphatic carbocycles. The zero-order chi connectivity index (χ0) is 31.5. The van der Waals surface area contributed by atoms with Gasteiger partial charge in [-0.3, -0.25) is 18.1 Å². The predicted octanol–water partition coefficient (Wildman–Crippen LogP) is -0.786. The van der Waals surface area contributed by atoms with Crippen LogP contribution in [0.4, 0.5) is 11.6 Å². The third-order valence-electron chi connectivity index (χ3n) is 8.19. The molecule has 0 spiro atoms. The van der Waals surface area contributed by atoms with E-state index in [4.69, 9.17) is 50.8 Å². The van der Waals surface area contributed by atoms with Crippen LogP contribution in [0.3, 0.4) is 0 Å². The molecule has 24 heteroatoms. The van der Waals surface area contributed by atoms with Crippen LogP contribution in [0.15, 0.2) is 25.3 Å². The summed E-state index contributed by atoms with van der Waals surface area (Å²) in [5.41, 5.74) is 11.2. The van der Waals surface area contributed by atoms with Crippen molar-refractivity contribution in [2.24, 2.45) is 0 Å². The zero-order valence-electron chi connectivity index (χ0n) is 22.5. The maximum atomic E-state index is 13.6. The van der Waals surface area contributed by atoms with Gasteiger partial charge in [-0.05, 0) is 11.8 Å². The lowest BCUT2D eigenvalue weighted by molar-refractivity contribution is -0.0671. The second kappa shape index (κ2) is 10.3. The molecule has 4 aromatic rings. The fourth-order valence-electron chi connectivity index (χ4n) is 6.10. The first kappa shape index (κ1) is 29.9. The molecule has 7 N–H and O–H groups in total. The van der Waals surface area contributed by atoms with Gasteiger partial charge in [-0.2, -0.15) is 0 Å². The lowest BCUT2D eigenvalue weighted by Crippen LogP contribution is -2.42. The van der Waals surface area contributed by atoms with Crippen LogP contribution in [0.1, 0.15) is 12.3 Å². The Labute approximate surface area is 261 Å². The normalized spacial score (nSPS) is 41.7. The van der Waals surface area contributed by atoms with E-state index >= 15 is 0 Å². The maximum Gasteiger partial charge on any atom is 0.386 e. The summed E-state index contributed by atoms with van der Waals surface area (Å²) in [6.45, 7) is -9.33. The first-order valence-corrected chi connectivity index (χ1v) is 18.6. The molecule has 4 aromatic heterocycles. The van der Waals surface area contributed by atoms with Crippen molar-refractivity contribution < 1.29 is 47.2 Å². The fourth-order valence-corrected chi connectivity index (χ4v) is 9.04. The fraction of sp³-hybridized carbons (Fsp3) is 0.524. The molecule has 3 saturated heterocycles. The van der Waals surface area contributed by atoms with Crippen LogP contribution in [0.5, 0.6) is 0 Å². The molecule has 4 aliphatic rings. The summed E-state index contributed by atoms with van der Waals surface area (Å²) >= 11 is 9.39. The van der Waals surface area contributed by atoms with Crippen molar-refractivity contribution in [1.29, 1.82) is 0 Å². The monoisotopic (exact) mass is 702 g/mol. The summed E-state index contributed by atoms with van der Waals surface area (Å²) in [5, 5.41) is 23.0. The molecule has 0 bridgehead atoms. The summed E-state index contributed by atoms with van der Waals surface area (Å²) in [4.78, 5) is 35.6. The average Bonchev–Trinajstić information content (AvgIpc) is 3.48. The number of fused-ring (bicyclic) bond motifs is 6. The lowest BCUT2D eigenvalue weighted by Gasteiger charge is -2.32. The molecule has 45 heavy (non-hydrogen) atoms. The number of aromatic nitrogens is 8. The lowest BCUT2D eigenvalue weighted by atomic mass is 10.1. The minimum Gasteiger partial charge on any atom is -0.386 e. The van der Waals surface area contributed by atoms with E-state index < -0.39 is 81.2 Å². The Morgan fingerprint density at radius 3 is 2.22 bits per heavy atom. The van der Waals surface area contributed by atoms with E-state index in [9.17, 15) is 19.7 Å². The maximum absolute atomic E-state index is 13.6. The summed E-state index contributed by atoms with van der Waals surface area (Å²) in [5.74, 6) is 0.254. The van der Waals surface area contributed by atoms with E-state index in [2.05, 4.69) is 42.2 Å². The zero-order valence-corrected chi connectivity index (χ0v) is 26.0. The van der Waals surface area contributed by atoms with E-state index in [0.29, 0.717) is 11.2 Å². The van der Waals surface area contributed by atoms with E-state index in [1.54, 1.807) is 4.57 Å². The number of rotatable bonds is 2. The highest BCUT2D eigenvalue weighted by Crippen LogP contribution is 2.66. The molecule has 1 saturated carbocycles. The van der Waals surface area contributed by atoms with Gasteiger partial charge in [0.25, 0.3) is 0 Å². The topological polar surface area (TPSA) is 272 Å². The van der Waals surface area contributed by atoms with E-state index in [1.165, 1.54) is 29.9 Å². The van der Waals surface area contributed by atoms with Gasteiger partial charge in [0, 0.05) is 0 Å². The Bertz CT molecular complexity index is 1940. The number of nitrogen functional groups attached to an aromatic ring is 2. The Balaban J connectivity index is 1.08. The van der Waals surface area contributed by atoms with Crippen LogP contribution in [0.2, 0.25) is 0 Å². The molecule has 20 nitrogen and oxygen atoms in total. The molecular formula is C21H24N10O10P2S2. The number of hydrogen-bond acceptors (Lipinski definition) is 18. The molecule has 0 amide bonds. The van der Waals surface area contributed by atoms with Crippen molar-refractivity contribution in [3.63, 3.8) is 0 Å². The van der Waals surface area contributed by atoms with Crippen molar-refractivity contribution >= 4 is 71.5 Å². The second-order valence-electron chi connectivity index (χ2n) is 10.8. The Hall–Kier alpha value is -2.43. The van der Waals surface area contributed by atoms with Crippen LogP contribution in [-0.4, -0.2) is 110 Å². The van der Waals surface area contributed by atoms with Crippen molar-refractivity contribution in [3.05, 3.63) is 25.3 Å². The molecule has 11 atom stereocenters. The van der Waals surface area contributed by atoms with Crippen molar-refractivity contribution in [2.45, 2.75) is 54.5 Å². The van der Waals surface area contributed by atoms with Gasteiger partial charge < -0.3 is 45.1 Å². The van der Waals surface area contributed by atoms with Crippen LogP contribution >= 0.6 is 25.8 Å². The van der Waals surface area contributed by atoms with Crippen LogP contribution in [0.25, 0.3) is 22.3 Å². The van der Waals surface area contributed by atoms with Gasteiger partial charge in [-0.15, -0.1) is 0 Å². The van der Waals surface area contributed by atoms with Crippen molar-refractivity contribution in [2.75, 3.05) is 24.7 Å². The predicted molar refractivity (Wildman–Crippen MR) is 157 cm³/mol. The number of imidazole rings is 2. The number of anilines is 2. The highest BCUT2D eigenvalue weighted by molar-refractivity contribution is 8.44. The number of nitrogens with two attached hydrogens (primary N) is 2. The molecule has 6 unspecified atom stereocenters. The second-order valence-corrected chi connectivity index (χ2v) is 16.4. The molecule has 0 radical (unpaired) electrons. The third-order valence-corrected chi connectivity index (χ3v) is 11.3. The number of nitrogens with zero attached hydrogens (tertiary/aromatic N) is 8. The van der Waals surface area contributed by atoms with Crippen LogP contribution in [0, 0.1) is 0 Å². The SMILES string of the molecule is Nc1ncnc2c1ncn2C1[C@@H]2O[C@@H]3COP(O)(=S)O[C@@H]4C(O)[C@H](n5cnc6c(N)ncnc65)O[C@@H]4COP(=O)(S)OC3C12O. The molecule has 8 rings (SSSR count). The van der Waals surface area contributed by atoms with Crippen LogP contribution in [-0.2, 0) is 43.9 Å². The molecule has 4 fully saturated rings. The standard InChI is InChI=1S/C21H24N10O10P2S2/c22-16-9-18(26-3-24-16)30(5-28-9)13-15-21(13,33)14-8(38-15)2-37-42(34,44)40-12-7(1-36-43(35,45)41-14)39-20(11(12)32)31-6-29-10-17(23)25-4-27-19(10)31/h3-8,11-15,20,32-33H,1-2H2,(H,34,44)(H,35,45)(H2,22,24,26)(H2,23,25,27)/t7-,8-,11?,12+,13?,14?,15+,20-,21?,42?,43?/m1/s1. The molecule has 3 aliphatic heterocycles. The van der Waals surface area contributed by atoms with Gasteiger partial charge in [0.1, 0.15) is 65.9 Å².